The van der Waals surface area contributed by atoms with Crippen molar-refractivity contribution in [1.29, 1.82) is 0 Å². The van der Waals surface area contributed by atoms with Gasteiger partial charge in [0.25, 0.3) is 0 Å². The average molecular weight is 274 g/mol. The van der Waals surface area contributed by atoms with Crippen LogP contribution in [-0.4, -0.2) is 0 Å². The number of benzene rings is 1. The second-order valence-corrected chi connectivity index (χ2v) is 9.33. The maximum Gasteiger partial charge on any atom is -0.00550 e. The van der Waals surface area contributed by atoms with E-state index in [0.29, 0.717) is 0 Å². The second-order valence-electron chi connectivity index (χ2n) is 9.33. The van der Waals surface area contributed by atoms with Crippen molar-refractivity contribution in [2.24, 2.45) is 10.8 Å². The zero-order valence-corrected chi connectivity index (χ0v) is 15.3. The lowest BCUT2D eigenvalue weighted by atomic mass is 9.62. The molecule has 1 aromatic carbocycles. The highest BCUT2D eigenvalue weighted by Crippen LogP contribution is 2.45. The SMILES string of the molecule is CC(C)(C)C(C)(C)c1cccc(C(C)(C)C(C)(C)C)c1. The van der Waals surface area contributed by atoms with Crippen LogP contribution in [0.5, 0.6) is 0 Å². The Kier molecular flexibility index (Phi) is 4.23. The van der Waals surface area contributed by atoms with Crippen LogP contribution in [0.1, 0.15) is 80.4 Å². The summed E-state index contributed by atoms with van der Waals surface area (Å²) in [5, 5.41) is 0. The zero-order chi connectivity index (χ0) is 16.0. The van der Waals surface area contributed by atoms with Crippen molar-refractivity contribution in [3.8, 4) is 0 Å². The Morgan fingerprint density at radius 2 is 0.850 bits per heavy atom. The van der Waals surface area contributed by atoms with E-state index in [2.05, 4.69) is 93.5 Å². The lowest BCUT2D eigenvalue weighted by molar-refractivity contribution is 0.217. The van der Waals surface area contributed by atoms with Crippen molar-refractivity contribution in [2.75, 3.05) is 0 Å². The Bertz CT molecular complexity index is 420. The van der Waals surface area contributed by atoms with Crippen molar-refractivity contribution in [2.45, 2.75) is 80.1 Å². The molecule has 1 aromatic rings. The van der Waals surface area contributed by atoms with Crippen LogP contribution in [0.2, 0.25) is 0 Å². The summed E-state index contributed by atoms with van der Waals surface area (Å²) in [6.45, 7) is 23.4. The van der Waals surface area contributed by atoms with Crippen LogP contribution in [0.3, 0.4) is 0 Å². The summed E-state index contributed by atoms with van der Waals surface area (Å²) in [6.07, 6.45) is 0. The van der Waals surface area contributed by atoms with Crippen LogP contribution < -0.4 is 0 Å². The van der Waals surface area contributed by atoms with E-state index in [0.717, 1.165) is 0 Å². The molecule has 20 heavy (non-hydrogen) atoms. The van der Waals surface area contributed by atoms with Gasteiger partial charge in [0.15, 0.2) is 0 Å². The Morgan fingerprint density at radius 3 is 1.10 bits per heavy atom. The number of rotatable bonds is 2. The highest BCUT2D eigenvalue weighted by Gasteiger charge is 2.37. The molecule has 0 nitrogen and oxygen atoms in total. The molecule has 0 saturated carbocycles. The third-order valence-electron chi connectivity index (χ3n) is 6.06. The summed E-state index contributed by atoms with van der Waals surface area (Å²) in [6, 6.07) is 9.23. The van der Waals surface area contributed by atoms with E-state index < -0.39 is 0 Å². The lowest BCUT2D eigenvalue weighted by Gasteiger charge is -2.42. The molecule has 0 N–H and O–H groups in total. The van der Waals surface area contributed by atoms with Crippen LogP contribution in [0, 0.1) is 10.8 Å². The molecule has 0 aromatic heterocycles. The first-order chi connectivity index (χ1) is 8.71. The monoisotopic (exact) mass is 274 g/mol. The van der Waals surface area contributed by atoms with Gasteiger partial charge in [0.2, 0.25) is 0 Å². The van der Waals surface area contributed by atoms with Gasteiger partial charge in [-0.3, -0.25) is 0 Å². The average Bonchev–Trinajstić information content (AvgIpc) is 2.26. The fourth-order valence-electron chi connectivity index (χ4n) is 2.16. The molecule has 0 aliphatic rings. The summed E-state index contributed by atoms with van der Waals surface area (Å²) >= 11 is 0. The summed E-state index contributed by atoms with van der Waals surface area (Å²) in [4.78, 5) is 0. The largest absolute Gasteiger partial charge is 0.0617 e. The summed E-state index contributed by atoms with van der Waals surface area (Å²) < 4.78 is 0. The van der Waals surface area contributed by atoms with Crippen molar-refractivity contribution in [1.82, 2.24) is 0 Å². The van der Waals surface area contributed by atoms with Gasteiger partial charge in [-0.2, -0.15) is 0 Å². The van der Waals surface area contributed by atoms with Crippen LogP contribution in [-0.2, 0) is 10.8 Å². The molecule has 0 heterocycles. The van der Waals surface area contributed by atoms with Gasteiger partial charge < -0.3 is 0 Å². The predicted octanol–water partition coefficient (Wildman–Crippen LogP) is 6.33. The van der Waals surface area contributed by atoms with Gasteiger partial charge in [0.1, 0.15) is 0 Å². The molecule has 0 spiro atoms. The highest BCUT2D eigenvalue weighted by atomic mass is 14.4. The third-order valence-corrected chi connectivity index (χ3v) is 6.06. The molecule has 0 saturated heterocycles. The molecule has 0 aliphatic heterocycles. The van der Waals surface area contributed by atoms with Gasteiger partial charge in [0.05, 0.1) is 0 Å². The Balaban J connectivity index is 3.36. The molecular weight excluding hydrogens is 240 g/mol. The van der Waals surface area contributed by atoms with Gasteiger partial charge in [0, 0.05) is 0 Å². The van der Waals surface area contributed by atoms with Crippen LogP contribution in [0.15, 0.2) is 24.3 Å². The van der Waals surface area contributed by atoms with E-state index in [9.17, 15) is 0 Å². The van der Waals surface area contributed by atoms with Gasteiger partial charge in [-0.15, -0.1) is 0 Å². The number of hydrogen-bond donors (Lipinski definition) is 0. The topological polar surface area (TPSA) is 0 Å². The molecule has 0 amide bonds. The first-order valence-corrected chi connectivity index (χ1v) is 7.82. The van der Waals surface area contributed by atoms with Crippen molar-refractivity contribution in [3.63, 3.8) is 0 Å². The van der Waals surface area contributed by atoms with Crippen molar-refractivity contribution >= 4 is 0 Å². The van der Waals surface area contributed by atoms with Gasteiger partial charge >= 0.3 is 0 Å². The fraction of sp³-hybridized carbons (Fsp3) is 0.700. The standard InChI is InChI=1S/C20H34/c1-17(2,3)19(7,8)15-12-11-13-16(14-15)20(9,10)18(4,5)6/h11-14H,1-10H3. The minimum atomic E-state index is 0.164. The Morgan fingerprint density at radius 1 is 0.550 bits per heavy atom. The molecule has 0 aliphatic carbocycles. The molecule has 0 heteroatoms. The quantitative estimate of drug-likeness (QED) is 0.590. The number of hydrogen-bond acceptors (Lipinski definition) is 0. The van der Waals surface area contributed by atoms with Crippen LogP contribution >= 0.6 is 0 Å². The first-order valence-electron chi connectivity index (χ1n) is 7.82. The summed E-state index contributed by atoms with van der Waals surface area (Å²) in [5.41, 5.74) is 3.71. The maximum absolute atomic E-state index is 2.43. The van der Waals surface area contributed by atoms with Crippen LogP contribution in [0.4, 0.5) is 0 Å². The molecular formula is C20H34. The molecule has 0 radical (unpaired) electrons. The summed E-state index contributed by atoms with van der Waals surface area (Å²) in [5.74, 6) is 0. The lowest BCUT2D eigenvalue weighted by Crippen LogP contribution is -2.36. The van der Waals surface area contributed by atoms with E-state index in [1.54, 1.807) is 0 Å². The van der Waals surface area contributed by atoms with E-state index >= 15 is 0 Å². The molecule has 0 unspecified atom stereocenters. The van der Waals surface area contributed by atoms with Gasteiger partial charge in [-0.25, -0.2) is 0 Å². The molecule has 1 rings (SSSR count). The van der Waals surface area contributed by atoms with Crippen molar-refractivity contribution in [3.05, 3.63) is 35.4 Å². The van der Waals surface area contributed by atoms with Gasteiger partial charge in [-0.05, 0) is 32.8 Å². The second kappa shape index (κ2) is 4.90. The third kappa shape index (κ3) is 2.95. The first kappa shape index (κ1) is 17.3. The van der Waals surface area contributed by atoms with E-state index in [4.69, 9.17) is 0 Å². The zero-order valence-electron chi connectivity index (χ0n) is 15.3. The molecule has 0 atom stereocenters. The van der Waals surface area contributed by atoms with Gasteiger partial charge in [-0.1, -0.05) is 93.5 Å². The minimum Gasteiger partial charge on any atom is -0.0617 e. The summed E-state index contributed by atoms with van der Waals surface area (Å²) in [7, 11) is 0. The predicted molar refractivity (Wildman–Crippen MR) is 91.4 cm³/mol. The van der Waals surface area contributed by atoms with E-state index in [-0.39, 0.29) is 21.7 Å². The smallest absolute Gasteiger partial charge is 0.00550 e. The molecule has 0 bridgehead atoms. The Hall–Kier alpha value is -0.780. The van der Waals surface area contributed by atoms with Crippen LogP contribution in [0.25, 0.3) is 0 Å². The minimum absolute atomic E-state index is 0.164. The van der Waals surface area contributed by atoms with E-state index in [1.165, 1.54) is 11.1 Å². The van der Waals surface area contributed by atoms with Crippen molar-refractivity contribution < 1.29 is 0 Å². The normalized spacial score (nSPS) is 14.5. The fourth-order valence-corrected chi connectivity index (χ4v) is 2.16. The maximum atomic E-state index is 2.43. The molecule has 114 valence electrons. The molecule has 0 fully saturated rings. The Labute approximate surface area is 127 Å². The highest BCUT2D eigenvalue weighted by molar-refractivity contribution is 5.35. The van der Waals surface area contributed by atoms with E-state index in [1.807, 2.05) is 0 Å².